The molecule has 0 amide bonds. The zero-order valence-electron chi connectivity index (χ0n) is 15.0. The summed E-state index contributed by atoms with van der Waals surface area (Å²) >= 11 is 0. The van der Waals surface area contributed by atoms with E-state index in [2.05, 4.69) is 10.2 Å². The van der Waals surface area contributed by atoms with Gasteiger partial charge in [0.2, 0.25) is 10.0 Å². The first-order valence-corrected chi connectivity index (χ1v) is 10.4. The Morgan fingerprint density at radius 3 is 2.86 bits per heavy atom. The number of sulfonamides is 1. The van der Waals surface area contributed by atoms with Crippen LogP contribution < -0.4 is 10.3 Å². The van der Waals surface area contributed by atoms with Crippen molar-refractivity contribution in [3.05, 3.63) is 46.8 Å². The largest absolute Gasteiger partial charge is 0.480 e. The fourth-order valence-electron chi connectivity index (χ4n) is 3.94. The Morgan fingerprint density at radius 2 is 2.07 bits per heavy atom. The van der Waals surface area contributed by atoms with Gasteiger partial charge in [-0.1, -0.05) is 6.07 Å². The van der Waals surface area contributed by atoms with Crippen LogP contribution in [-0.2, 0) is 14.8 Å². The molecule has 3 aromatic rings. The van der Waals surface area contributed by atoms with Crippen LogP contribution in [0.5, 0.6) is 11.5 Å². The van der Waals surface area contributed by atoms with Crippen molar-refractivity contribution in [3.63, 3.8) is 0 Å². The van der Waals surface area contributed by atoms with Gasteiger partial charge >= 0.3 is 5.97 Å². The highest BCUT2D eigenvalue weighted by molar-refractivity contribution is 7.89. The molecule has 1 saturated heterocycles. The molecule has 0 bridgehead atoms. The molecule has 0 spiro atoms. The highest BCUT2D eigenvalue weighted by Gasteiger charge is 2.40. The fraction of sp³-hybridized carbons (Fsp3) is 0.211. The van der Waals surface area contributed by atoms with Crippen LogP contribution in [0.4, 0.5) is 0 Å². The molecule has 9 nitrogen and oxygen atoms in total. The molecule has 29 heavy (non-hydrogen) atoms. The number of ether oxygens (including phenoxy) is 1. The van der Waals surface area contributed by atoms with Gasteiger partial charge in [-0.05, 0) is 43.2 Å². The van der Waals surface area contributed by atoms with Crippen LogP contribution in [0.25, 0.3) is 22.0 Å². The van der Waals surface area contributed by atoms with E-state index in [9.17, 15) is 23.1 Å². The normalized spacial score (nSPS) is 18.4. The van der Waals surface area contributed by atoms with E-state index in [-0.39, 0.29) is 23.4 Å². The first-order chi connectivity index (χ1) is 13.9. The van der Waals surface area contributed by atoms with E-state index in [0.29, 0.717) is 39.9 Å². The zero-order chi connectivity index (χ0) is 20.3. The molecule has 0 saturated carbocycles. The molecule has 3 heterocycles. The molecule has 0 radical (unpaired) electrons. The Morgan fingerprint density at radius 1 is 1.24 bits per heavy atom. The maximum Gasteiger partial charge on any atom is 0.322 e. The van der Waals surface area contributed by atoms with Gasteiger partial charge in [0, 0.05) is 12.1 Å². The minimum Gasteiger partial charge on any atom is -0.480 e. The van der Waals surface area contributed by atoms with Gasteiger partial charge in [-0.25, -0.2) is 13.5 Å². The number of carbonyl (C=O) groups is 1. The van der Waals surface area contributed by atoms with Crippen LogP contribution in [0.15, 0.2) is 46.1 Å². The van der Waals surface area contributed by atoms with Crippen molar-refractivity contribution in [2.45, 2.75) is 23.8 Å². The van der Waals surface area contributed by atoms with E-state index in [0.717, 1.165) is 4.31 Å². The summed E-state index contributed by atoms with van der Waals surface area (Å²) in [5.74, 6) is -0.297. The summed E-state index contributed by atoms with van der Waals surface area (Å²) in [6.45, 7) is 0.150. The van der Waals surface area contributed by atoms with Gasteiger partial charge < -0.3 is 9.84 Å². The van der Waals surface area contributed by atoms with Crippen molar-refractivity contribution in [1.82, 2.24) is 14.5 Å². The van der Waals surface area contributed by atoms with Gasteiger partial charge in [0.1, 0.15) is 23.2 Å². The number of carboxylic acid groups (broad SMARTS) is 1. The van der Waals surface area contributed by atoms with Gasteiger partial charge in [0.25, 0.3) is 5.56 Å². The maximum atomic E-state index is 13.1. The van der Waals surface area contributed by atoms with E-state index in [4.69, 9.17) is 4.74 Å². The predicted molar refractivity (Wildman–Crippen MR) is 102 cm³/mol. The topological polar surface area (TPSA) is 130 Å². The molecule has 2 aliphatic rings. The summed E-state index contributed by atoms with van der Waals surface area (Å²) in [5, 5.41) is 16.8. The number of fused-ring (bicyclic) bond motifs is 2. The number of rotatable bonds is 3. The van der Waals surface area contributed by atoms with Crippen molar-refractivity contribution in [2.24, 2.45) is 0 Å². The molecule has 1 aromatic heterocycles. The van der Waals surface area contributed by atoms with E-state index in [1.807, 2.05) is 0 Å². The smallest absolute Gasteiger partial charge is 0.322 e. The number of aromatic nitrogens is 2. The first kappa shape index (κ1) is 17.8. The van der Waals surface area contributed by atoms with Crippen LogP contribution in [0.3, 0.4) is 0 Å². The molecular weight excluding hydrogens is 398 g/mol. The van der Waals surface area contributed by atoms with E-state index >= 15 is 0 Å². The second kappa shape index (κ2) is 6.13. The van der Waals surface area contributed by atoms with E-state index in [1.165, 1.54) is 18.2 Å². The summed E-state index contributed by atoms with van der Waals surface area (Å²) in [6.07, 6.45) is 0.762. The summed E-state index contributed by atoms with van der Waals surface area (Å²) in [7, 11) is -4.02. The number of nitrogens with one attached hydrogen (secondary N) is 1. The quantitative estimate of drug-likeness (QED) is 0.525. The summed E-state index contributed by atoms with van der Waals surface area (Å²) in [5.41, 5.74) is 0.449. The molecule has 0 aliphatic carbocycles. The maximum absolute atomic E-state index is 13.1. The molecular formula is C19H15N3O6S. The third-order valence-electron chi connectivity index (χ3n) is 5.30. The average molecular weight is 413 g/mol. The van der Waals surface area contributed by atoms with Crippen LogP contribution in [0, 0.1) is 0 Å². The van der Waals surface area contributed by atoms with Crippen LogP contribution in [-0.4, -0.2) is 46.6 Å². The standard InChI is InChI=1S/C19H15N3O6S/c23-18-11-3-1-5-15-16(11)17(20-21-18)12-9-10(6-7-14(12)28-15)29(26,27)22-8-2-4-13(22)19(24)25/h1,3,5-7,9,13H,2,4,8H2,(H,21,23)(H,24,25)/t13-/m0/s1. The summed E-state index contributed by atoms with van der Waals surface area (Å²) in [6, 6.07) is 8.29. The molecule has 148 valence electrons. The zero-order valence-corrected chi connectivity index (χ0v) is 15.8. The number of H-pyrrole nitrogens is 1. The van der Waals surface area contributed by atoms with Crippen molar-refractivity contribution >= 4 is 26.8 Å². The van der Waals surface area contributed by atoms with Crippen LogP contribution in [0.2, 0.25) is 0 Å². The van der Waals surface area contributed by atoms with Crippen LogP contribution >= 0.6 is 0 Å². The van der Waals surface area contributed by atoms with Gasteiger partial charge in [-0.2, -0.15) is 9.40 Å². The Bertz CT molecular complexity index is 1350. The number of aliphatic carboxylic acids is 1. The molecule has 10 heteroatoms. The van der Waals surface area contributed by atoms with Gasteiger partial charge in [0.15, 0.2) is 0 Å². The fourth-order valence-corrected chi connectivity index (χ4v) is 5.62. The molecule has 2 aromatic carbocycles. The number of benzene rings is 2. The third kappa shape index (κ3) is 2.56. The van der Waals surface area contributed by atoms with Gasteiger partial charge in [-0.3, -0.25) is 9.59 Å². The minimum atomic E-state index is -4.02. The minimum absolute atomic E-state index is 0.0477. The van der Waals surface area contributed by atoms with E-state index < -0.39 is 22.0 Å². The van der Waals surface area contributed by atoms with Crippen molar-refractivity contribution in [2.75, 3.05) is 6.54 Å². The summed E-state index contributed by atoms with van der Waals surface area (Å²) < 4.78 is 33.1. The third-order valence-corrected chi connectivity index (χ3v) is 7.20. The lowest BCUT2D eigenvalue weighted by molar-refractivity contribution is -0.140. The van der Waals surface area contributed by atoms with Crippen molar-refractivity contribution < 1.29 is 23.1 Å². The van der Waals surface area contributed by atoms with E-state index in [1.54, 1.807) is 18.2 Å². The highest BCUT2D eigenvalue weighted by atomic mass is 32.2. The Balaban J connectivity index is 1.69. The monoisotopic (exact) mass is 413 g/mol. The van der Waals surface area contributed by atoms with Crippen molar-refractivity contribution in [3.8, 4) is 22.8 Å². The molecule has 1 fully saturated rings. The molecule has 0 unspecified atom stereocenters. The number of carboxylic acids is 1. The number of hydrogen-bond acceptors (Lipinski definition) is 6. The Kier molecular flexibility index (Phi) is 3.77. The molecule has 2 N–H and O–H groups in total. The first-order valence-electron chi connectivity index (χ1n) is 8.96. The highest BCUT2D eigenvalue weighted by Crippen LogP contribution is 2.45. The Hall–Kier alpha value is -3.24. The Labute approximate surface area is 164 Å². The number of aromatic amines is 1. The molecule has 5 rings (SSSR count). The average Bonchev–Trinajstić information content (AvgIpc) is 3.21. The predicted octanol–water partition coefficient (Wildman–Crippen LogP) is 1.93. The lowest BCUT2D eigenvalue weighted by Crippen LogP contribution is -2.40. The number of hydrogen-bond donors (Lipinski definition) is 2. The second-order valence-corrected chi connectivity index (χ2v) is 8.84. The SMILES string of the molecule is O=C(O)[C@@H]1CCCN1S(=O)(=O)c1ccc2c(c1)-c1n[nH]c(=O)c3cccc(c13)O2. The van der Waals surface area contributed by atoms with Crippen molar-refractivity contribution in [1.29, 1.82) is 0 Å². The second-order valence-electron chi connectivity index (χ2n) is 6.95. The van der Waals surface area contributed by atoms with Gasteiger partial charge in [0.05, 0.1) is 15.7 Å². The number of nitrogens with zero attached hydrogens (tertiary/aromatic N) is 2. The molecule has 2 aliphatic heterocycles. The lowest BCUT2D eigenvalue weighted by atomic mass is 10.0. The lowest BCUT2D eigenvalue weighted by Gasteiger charge is -2.23. The van der Waals surface area contributed by atoms with Crippen LogP contribution in [0.1, 0.15) is 12.8 Å². The summed E-state index contributed by atoms with van der Waals surface area (Å²) in [4.78, 5) is 23.5. The molecule has 1 atom stereocenters. The van der Waals surface area contributed by atoms with Gasteiger partial charge in [-0.15, -0.1) is 0 Å².